The summed E-state index contributed by atoms with van der Waals surface area (Å²) in [4.78, 5) is 15.5. The Morgan fingerprint density at radius 2 is 1.70 bits per heavy atom. The SMILES string of the molecule is CC1CCC(N(C(=O)C2COc3ccccc3C2)C2CC2)CC1. The third kappa shape index (κ3) is 3.11. The van der Waals surface area contributed by atoms with Crippen molar-refractivity contribution in [2.75, 3.05) is 6.61 Å². The molecule has 0 aromatic heterocycles. The maximum absolute atomic E-state index is 13.2. The number of hydrogen-bond acceptors (Lipinski definition) is 2. The monoisotopic (exact) mass is 313 g/mol. The van der Waals surface area contributed by atoms with Crippen LogP contribution in [0.2, 0.25) is 0 Å². The first-order valence-electron chi connectivity index (χ1n) is 9.25. The molecule has 2 saturated carbocycles. The molecule has 124 valence electrons. The highest BCUT2D eigenvalue weighted by atomic mass is 16.5. The summed E-state index contributed by atoms with van der Waals surface area (Å²) in [6.07, 6.45) is 8.14. The molecule has 0 bridgehead atoms. The number of amides is 1. The van der Waals surface area contributed by atoms with E-state index in [-0.39, 0.29) is 5.92 Å². The Morgan fingerprint density at radius 1 is 1.04 bits per heavy atom. The summed E-state index contributed by atoms with van der Waals surface area (Å²) in [6, 6.07) is 9.13. The van der Waals surface area contributed by atoms with E-state index in [0.29, 0.717) is 24.6 Å². The smallest absolute Gasteiger partial charge is 0.229 e. The van der Waals surface area contributed by atoms with E-state index in [1.54, 1.807) is 0 Å². The lowest BCUT2D eigenvalue weighted by Crippen LogP contribution is -2.48. The topological polar surface area (TPSA) is 29.5 Å². The molecule has 3 aliphatic rings. The molecule has 3 nitrogen and oxygen atoms in total. The number of carbonyl (C=O) groups is 1. The lowest BCUT2D eigenvalue weighted by molar-refractivity contribution is -0.141. The van der Waals surface area contributed by atoms with Gasteiger partial charge in [-0.05, 0) is 62.5 Å². The first-order chi connectivity index (χ1) is 11.2. The van der Waals surface area contributed by atoms with Gasteiger partial charge in [-0.25, -0.2) is 0 Å². The molecule has 4 rings (SSSR count). The van der Waals surface area contributed by atoms with Crippen LogP contribution in [0.15, 0.2) is 24.3 Å². The standard InChI is InChI=1S/C20H27NO2/c1-14-6-8-17(9-7-14)21(18-10-11-18)20(22)16-12-15-4-2-3-5-19(15)23-13-16/h2-5,14,16-18H,6-13H2,1H3. The number of ether oxygens (including phenoxy) is 1. The van der Waals surface area contributed by atoms with Gasteiger partial charge in [0.05, 0.1) is 5.92 Å². The van der Waals surface area contributed by atoms with Crippen molar-refractivity contribution in [2.45, 2.75) is 64.0 Å². The summed E-state index contributed by atoms with van der Waals surface area (Å²) >= 11 is 0. The van der Waals surface area contributed by atoms with Gasteiger partial charge in [0.15, 0.2) is 0 Å². The minimum atomic E-state index is 0.00449. The molecule has 1 atom stereocenters. The Bertz CT molecular complexity index is 573. The van der Waals surface area contributed by atoms with E-state index < -0.39 is 0 Å². The molecule has 1 aromatic rings. The summed E-state index contributed by atoms with van der Waals surface area (Å²) in [5.74, 6) is 2.14. The van der Waals surface area contributed by atoms with Crippen molar-refractivity contribution in [3.8, 4) is 5.75 Å². The second-order valence-electron chi connectivity index (χ2n) is 7.71. The van der Waals surface area contributed by atoms with E-state index in [2.05, 4.69) is 17.9 Å². The van der Waals surface area contributed by atoms with Gasteiger partial charge in [-0.15, -0.1) is 0 Å². The lowest BCUT2D eigenvalue weighted by Gasteiger charge is -2.39. The number of para-hydroxylation sites is 1. The summed E-state index contributed by atoms with van der Waals surface area (Å²) in [7, 11) is 0. The second kappa shape index (κ2) is 6.18. The predicted molar refractivity (Wildman–Crippen MR) is 90.4 cm³/mol. The maximum atomic E-state index is 13.2. The zero-order valence-electron chi connectivity index (χ0n) is 14.0. The average Bonchev–Trinajstić information content (AvgIpc) is 3.41. The Hall–Kier alpha value is -1.51. The van der Waals surface area contributed by atoms with Gasteiger partial charge in [0.2, 0.25) is 5.91 Å². The molecule has 0 saturated heterocycles. The highest BCUT2D eigenvalue weighted by molar-refractivity contribution is 5.80. The minimum absolute atomic E-state index is 0.00449. The Morgan fingerprint density at radius 3 is 2.39 bits per heavy atom. The molecule has 2 aliphatic carbocycles. The van der Waals surface area contributed by atoms with E-state index in [4.69, 9.17) is 4.74 Å². The normalized spacial score (nSPS) is 30.2. The van der Waals surface area contributed by atoms with Gasteiger partial charge in [0, 0.05) is 12.1 Å². The van der Waals surface area contributed by atoms with Crippen LogP contribution in [0.1, 0.15) is 51.0 Å². The largest absolute Gasteiger partial charge is 0.492 e. The molecule has 3 heteroatoms. The molecule has 1 amide bonds. The van der Waals surface area contributed by atoms with Crippen molar-refractivity contribution >= 4 is 5.91 Å². The van der Waals surface area contributed by atoms with Crippen molar-refractivity contribution in [3.63, 3.8) is 0 Å². The Balaban J connectivity index is 1.48. The maximum Gasteiger partial charge on any atom is 0.229 e. The number of rotatable bonds is 3. The van der Waals surface area contributed by atoms with Crippen LogP contribution < -0.4 is 4.74 Å². The van der Waals surface area contributed by atoms with Crippen LogP contribution in [0.5, 0.6) is 5.75 Å². The van der Waals surface area contributed by atoms with Gasteiger partial charge in [-0.1, -0.05) is 25.1 Å². The van der Waals surface area contributed by atoms with Gasteiger partial charge < -0.3 is 9.64 Å². The third-order valence-corrected chi connectivity index (χ3v) is 5.80. The molecule has 0 N–H and O–H groups in total. The zero-order valence-corrected chi connectivity index (χ0v) is 14.0. The van der Waals surface area contributed by atoms with Gasteiger partial charge in [-0.2, -0.15) is 0 Å². The van der Waals surface area contributed by atoms with Gasteiger partial charge >= 0.3 is 0 Å². The van der Waals surface area contributed by atoms with Gasteiger partial charge in [0.1, 0.15) is 12.4 Å². The van der Waals surface area contributed by atoms with Crippen molar-refractivity contribution in [2.24, 2.45) is 11.8 Å². The molecule has 0 spiro atoms. The van der Waals surface area contributed by atoms with Crippen molar-refractivity contribution < 1.29 is 9.53 Å². The average molecular weight is 313 g/mol. The van der Waals surface area contributed by atoms with E-state index in [1.807, 2.05) is 18.2 Å². The molecule has 23 heavy (non-hydrogen) atoms. The van der Waals surface area contributed by atoms with Crippen LogP contribution in [0.25, 0.3) is 0 Å². The number of carbonyl (C=O) groups excluding carboxylic acids is 1. The van der Waals surface area contributed by atoms with Crippen LogP contribution >= 0.6 is 0 Å². The molecule has 1 aliphatic heterocycles. The van der Waals surface area contributed by atoms with Gasteiger partial charge in [-0.3, -0.25) is 4.79 Å². The third-order valence-electron chi connectivity index (χ3n) is 5.80. The first kappa shape index (κ1) is 15.0. The molecule has 1 unspecified atom stereocenters. The van der Waals surface area contributed by atoms with E-state index in [0.717, 1.165) is 18.1 Å². The van der Waals surface area contributed by atoms with Crippen LogP contribution in [0, 0.1) is 11.8 Å². The Kier molecular flexibility index (Phi) is 4.04. The van der Waals surface area contributed by atoms with Crippen molar-refractivity contribution in [1.29, 1.82) is 0 Å². The fourth-order valence-corrected chi connectivity index (χ4v) is 4.23. The van der Waals surface area contributed by atoms with Crippen LogP contribution in [-0.4, -0.2) is 29.5 Å². The van der Waals surface area contributed by atoms with Crippen molar-refractivity contribution in [1.82, 2.24) is 4.90 Å². The molecular formula is C20H27NO2. The van der Waals surface area contributed by atoms with E-state index >= 15 is 0 Å². The summed E-state index contributed by atoms with van der Waals surface area (Å²) in [5.41, 5.74) is 1.19. The number of benzene rings is 1. The molecule has 0 radical (unpaired) electrons. The fraction of sp³-hybridized carbons (Fsp3) is 0.650. The predicted octanol–water partition coefficient (Wildman–Crippen LogP) is 3.81. The summed E-state index contributed by atoms with van der Waals surface area (Å²) in [5, 5.41) is 0. The fourth-order valence-electron chi connectivity index (χ4n) is 4.23. The zero-order chi connectivity index (χ0) is 15.8. The second-order valence-corrected chi connectivity index (χ2v) is 7.71. The molecule has 2 fully saturated rings. The summed E-state index contributed by atoms with van der Waals surface area (Å²) in [6.45, 7) is 2.88. The van der Waals surface area contributed by atoms with Crippen LogP contribution in [0.3, 0.4) is 0 Å². The highest BCUT2D eigenvalue weighted by Gasteiger charge is 2.41. The quantitative estimate of drug-likeness (QED) is 0.849. The van der Waals surface area contributed by atoms with Crippen molar-refractivity contribution in [3.05, 3.63) is 29.8 Å². The first-order valence-corrected chi connectivity index (χ1v) is 9.25. The number of fused-ring (bicyclic) bond motifs is 1. The van der Waals surface area contributed by atoms with Crippen LogP contribution in [0.4, 0.5) is 0 Å². The number of hydrogen-bond donors (Lipinski definition) is 0. The van der Waals surface area contributed by atoms with Crippen LogP contribution in [-0.2, 0) is 11.2 Å². The van der Waals surface area contributed by atoms with E-state index in [1.165, 1.54) is 44.1 Å². The molecule has 1 aromatic carbocycles. The minimum Gasteiger partial charge on any atom is -0.492 e. The highest BCUT2D eigenvalue weighted by Crippen LogP contribution is 2.37. The van der Waals surface area contributed by atoms with E-state index in [9.17, 15) is 4.79 Å². The Labute approximate surface area is 139 Å². The molecule has 1 heterocycles. The summed E-state index contributed by atoms with van der Waals surface area (Å²) < 4.78 is 5.86. The molecular weight excluding hydrogens is 286 g/mol. The number of nitrogens with zero attached hydrogens (tertiary/aromatic N) is 1. The van der Waals surface area contributed by atoms with Gasteiger partial charge in [0.25, 0.3) is 0 Å². The lowest BCUT2D eigenvalue weighted by atomic mass is 9.85.